The smallest absolute Gasteiger partial charge is 0.412 e. The Morgan fingerprint density at radius 1 is 1.07 bits per heavy atom. The number of carbonyl (C=O) groups excluding carboxylic acids is 2. The normalized spacial score (nSPS) is 23.5. The second-order valence-electron chi connectivity index (χ2n) is 9.93. The van der Waals surface area contributed by atoms with E-state index in [0.717, 1.165) is 10.0 Å². The molecule has 3 aromatic rings. The Labute approximate surface area is 245 Å². The zero-order valence-corrected chi connectivity index (χ0v) is 24.4. The van der Waals surface area contributed by atoms with Crippen LogP contribution >= 0.6 is 15.9 Å². The highest BCUT2D eigenvalue weighted by atomic mass is 79.9. The zero-order valence-electron chi connectivity index (χ0n) is 22.8. The van der Waals surface area contributed by atoms with Crippen molar-refractivity contribution in [2.45, 2.75) is 70.4 Å². The summed E-state index contributed by atoms with van der Waals surface area (Å²) in [5.41, 5.74) is 1.84. The predicted molar refractivity (Wildman–Crippen MR) is 147 cm³/mol. The van der Waals surface area contributed by atoms with Crippen LogP contribution in [-0.2, 0) is 46.4 Å². The van der Waals surface area contributed by atoms with Crippen molar-refractivity contribution in [3.63, 3.8) is 0 Å². The number of carbonyl (C=O) groups is 2. The van der Waals surface area contributed by atoms with Gasteiger partial charge in [-0.2, -0.15) is 0 Å². The highest BCUT2D eigenvalue weighted by Crippen LogP contribution is 2.42. The number of nitrogens with one attached hydrogen (secondary N) is 1. The molecule has 2 aliphatic rings. The van der Waals surface area contributed by atoms with E-state index in [2.05, 4.69) is 31.6 Å². The van der Waals surface area contributed by atoms with Crippen molar-refractivity contribution >= 4 is 33.7 Å². The SMILES string of the molecule is CCOC(=O)[C@H]([C@H]1O[C@@H]2OC(C)(C)O[C@@H]2[C@H]1OCc1ccccc1)n1cc(COC(=O)Nc2ccc(Br)cc2)nn1. The molecule has 5 atom stereocenters. The van der Waals surface area contributed by atoms with Gasteiger partial charge in [-0.25, -0.2) is 14.3 Å². The van der Waals surface area contributed by atoms with Gasteiger partial charge < -0.3 is 28.4 Å². The second kappa shape index (κ2) is 12.7. The molecule has 2 saturated heterocycles. The van der Waals surface area contributed by atoms with Gasteiger partial charge in [0.25, 0.3) is 0 Å². The lowest BCUT2D eigenvalue weighted by Gasteiger charge is -2.29. The van der Waals surface area contributed by atoms with Crippen molar-refractivity contribution in [2.24, 2.45) is 0 Å². The Bertz CT molecular complexity index is 1340. The maximum atomic E-state index is 13.3. The molecule has 41 heavy (non-hydrogen) atoms. The van der Waals surface area contributed by atoms with E-state index < -0.39 is 48.5 Å². The molecule has 1 amide bonds. The van der Waals surface area contributed by atoms with E-state index in [4.69, 9.17) is 28.4 Å². The fourth-order valence-corrected chi connectivity index (χ4v) is 4.94. The Hall–Kier alpha value is -3.36. The van der Waals surface area contributed by atoms with Crippen LogP contribution in [0, 0.1) is 0 Å². The molecule has 1 N–H and O–H groups in total. The van der Waals surface area contributed by atoms with E-state index in [-0.39, 0.29) is 19.8 Å². The minimum atomic E-state index is -1.07. The van der Waals surface area contributed by atoms with Gasteiger partial charge in [0.2, 0.25) is 0 Å². The third kappa shape index (κ3) is 7.11. The molecule has 0 bridgehead atoms. The number of esters is 1. The first kappa shape index (κ1) is 29.1. The molecule has 2 aromatic carbocycles. The number of halogens is 1. The van der Waals surface area contributed by atoms with E-state index in [0.29, 0.717) is 11.4 Å². The Morgan fingerprint density at radius 2 is 1.83 bits per heavy atom. The molecule has 1 aromatic heterocycles. The molecule has 0 saturated carbocycles. The largest absolute Gasteiger partial charge is 0.464 e. The number of fused-ring (bicyclic) bond motifs is 1. The molecule has 2 fully saturated rings. The highest BCUT2D eigenvalue weighted by Gasteiger charge is 2.59. The van der Waals surface area contributed by atoms with E-state index in [1.165, 1.54) is 10.9 Å². The number of rotatable bonds is 10. The van der Waals surface area contributed by atoms with Crippen molar-refractivity contribution in [2.75, 3.05) is 11.9 Å². The van der Waals surface area contributed by atoms with Crippen molar-refractivity contribution in [3.8, 4) is 0 Å². The average molecular weight is 631 g/mol. The summed E-state index contributed by atoms with van der Waals surface area (Å²) in [7, 11) is 0. The molecular weight excluding hydrogens is 600 g/mol. The van der Waals surface area contributed by atoms with Gasteiger partial charge in [0.1, 0.15) is 30.6 Å². The van der Waals surface area contributed by atoms with Gasteiger partial charge in [0.15, 0.2) is 18.1 Å². The third-order valence-corrected chi connectivity index (χ3v) is 6.96. The van der Waals surface area contributed by atoms with Gasteiger partial charge in [-0.3, -0.25) is 5.32 Å². The van der Waals surface area contributed by atoms with Gasteiger partial charge in [-0.05, 0) is 50.6 Å². The first-order chi connectivity index (χ1) is 19.7. The number of anilines is 1. The van der Waals surface area contributed by atoms with Crippen LogP contribution in [0.4, 0.5) is 10.5 Å². The van der Waals surface area contributed by atoms with Gasteiger partial charge in [0.05, 0.1) is 19.4 Å². The summed E-state index contributed by atoms with van der Waals surface area (Å²) >= 11 is 3.35. The Kier molecular flexibility index (Phi) is 9.00. The van der Waals surface area contributed by atoms with Crippen molar-refractivity contribution in [3.05, 3.63) is 76.5 Å². The van der Waals surface area contributed by atoms with Crippen LogP contribution in [0.15, 0.2) is 65.3 Å². The van der Waals surface area contributed by atoms with Gasteiger partial charge in [-0.15, -0.1) is 5.10 Å². The van der Waals surface area contributed by atoms with Crippen LogP contribution in [0.25, 0.3) is 0 Å². The summed E-state index contributed by atoms with van der Waals surface area (Å²) in [6.45, 7) is 5.52. The van der Waals surface area contributed by atoms with Crippen LogP contribution in [0.3, 0.4) is 0 Å². The quantitative estimate of drug-likeness (QED) is 0.322. The molecule has 0 spiro atoms. The number of ether oxygens (including phenoxy) is 6. The minimum absolute atomic E-state index is 0.144. The number of hydrogen-bond donors (Lipinski definition) is 1. The first-order valence-electron chi connectivity index (χ1n) is 13.2. The molecule has 0 radical (unpaired) electrons. The van der Waals surface area contributed by atoms with Crippen molar-refractivity contribution in [1.82, 2.24) is 15.0 Å². The molecular formula is C28H31BrN4O8. The number of amides is 1. The second-order valence-corrected chi connectivity index (χ2v) is 10.8. The maximum Gasteiger partial charge on any atom is 0.412 e. The van der Waals surface area contributed by atoms with E-state index in [9.17, 15) is 9.59 Å². The van der Waals surface area contributed by atoms with E-state index >= 15 is 0 Å². The maximum absolute atomic E-state index is 13.3. The standard InChI is InChI=1S/C28H31BrN4O8/c1-4-36-25(34)21(33-14-20(31-32-33)16-38-27(35)30-19-12-10-18(29)11-13-19)22-23(37-15-17-8-6-5-7-9-17)24-26(39-22)41-28(2,3)40-24/h5-14,21-24,26H,4,15-16H2,1-3H3,(H,30,35)/t21-,22+,23-,24+,26+/m0/s1. The van der Waals surface area contributed by atoms with Crippen molar-refractivity contribution in [1.29, 1.82) is 0 Å². The lowest BCUT2D eigenvalue weighted by atomic mass is 10.0. The van der Waals surface area contributed by atoms with Gasteiger partial charge >= 0.3 is 12.1 Å². The topological polar surface area (TPSA) is 132 Å². The van der Waals surface area contributed by atoms with E-state index in [1.807, 2.05) is 30.3 Å². The minimum Gasteiger partial charge on any atom is -0.464 e. The highest BCUT2D eigenvalue weighted by molar-refractivity contribution is 9.10. The summed E-state index contributed by atoms with van der Waals surface area (Å²) in [6.07, 6.45) is -2.09. The van der Waals surface area contributed by atoms with Crippen LogP contribution < -0.4 is 5.32 Å². The number of benzene rings is 2. The molecule has 13 heteroatoms. The molecule has 218 valence electrons. The lowest BCUT2D eigenvalue weighted by molar-refractivity contribution is -0.226. The summed E-state index contributed by atoms with van der Waals surface area (Å²) < 4.78 is 37.5. The molecule has 0 aliphatic carbocycles. The van der Waals surface area contributed by atoms with Crippen LogP contribution in [0.2, 0.25) is 0 Å². The number of aromatic nitrogens is 3. The average Bonchev–Trinajstić information content (AvgIpc) is 3.61. The summed E-state index contributed by atoms with van der Waals surface area (Å²) in [4.78, 5) is 25.5. The lowest BCUT2D eigenvalue weighted by Crippen LogP contribution is -2.44. The van der Waals surface area contributed by atoms with Gasteiger partial charge in [-0.1, -0.05) is 51.5 Å². The van der Waals surface area contributed by atoms with Crippen LogP contribution in [-0.4, -0.2) is 64.1 Å². The predicted octanol–water partition coefficient (Wildman–Crippen LogP) is 4.36. The summed E-state index contributed by atoms with van der Waals surface area (Å²) in [5.74, 6) is -1.47. The van der Waals surface area contributed by atoms with E-state index in [1.54, 1.807) is 45.0 Å². The fraction of sp³-hybridized carbons (Fsp3) is 0.429. The van der Waals surface area contributed by atoms with Gasteiger partial charge in [0, 0.05) is 10.2 Å². The molecule has 0 unspecified atom stereocenters. The fourth-order valence-electron chi connectivity index (χ4n) is 4.68. The zero-order chi connectivity index (χ0) is 29.0. The Morgan fingerprint density at radius 3 is 2.56 bits per heavy atom. The summed E-state index contributed by atoms with van der Waals surface area (Å²) in [5, 5.41) is 10.9. The monoisotopic (exact) mass is 630 g/mol. The first-order valence-corrected chi connectivity index (χ1v) is 13.9. The van der Waals surface area contributed by atoms with Crippen LogP contribution in [0.1, 0.15) is 38.1 Å². The molecule has 5 rings (SSSR count). The molecule has 3 heterocycles. The van der Waals surface area contributed by atoms with Crippen LogP contribution in [0.5, 0.6) is 0 Å². The number of hydrogen-bond acceptors (Lipinski definition) is 10. The molecule has 2 aliphatic heterocycles. The number of nitrogens with zero attached hydrogens (tertiary/aromatic N) is 3. The molecule has 12 nitrogen and oxygen atoms in total. The summed E-state index contributed by atoms with van der Waals surface area (Å²) in [6, 6.07) is 15.6. The Balaban J connectivity index is 1.32. The third-order valence-electron chi connectivity index (χ3n) is 6.44. The van der Waals surface area contributed by atoms with Crippen molar-refractivity contribution < 1.29 is 38.0 Å².